The molecule has 1 heterocycles. The number of aromatic nitrogens is 4. The van der Waals surface area contributed by atoms with E-state index in [1.54, 1.807) is 24.3 Å². The summed E-state index contributed by atoms with van der Waals surface area (Å²) in [5.41, 5.74) is 1.18. The molecule has 0 bridgehead atoms. The SMILES string of the molecule is O=S(=O)(Nc1ccc(-n2cnnn2)cc1)[C@@H]1CCCC[C@@H]1O. The van der Waals surface area contributed by atoms with E-state index < -0.39 is 21.4 Å². The van der Waals surface area contributed by atoms with Gasteiger partial charge in [-0.2, -0.15) is 0 Å². The van der Waals surface area contributed by atoms with E-state index in [-0.39, 0.29) is 0 Å². The Hall–Kier alpha value is -2.00. The molecule has 0 spiro atoms. The van der Waals surface area contributed by atoms with Gasteiger partial charge < -0.3 is 5.11 Å². The molecule has 2 N–H and O–H groups in total. The van der Waals surface area contributed by atoms with Crippen molar-refractivity contribution in [2.24, 2.45) is 0 Å². The van der Waals surface area contributed by atoms with E-state index in [9.17, 15) is 13.5 Å². The van der Waals surface area contributed by atoms with E-state index in [1.165, 1.54) is 11.0 Å². The van der Waals surface area contributed by atoms with Crippen molar-refractivity contribution in [1.29, 1.82) is 0 Å². The minimum Gasteiger partial charge on any atom is -0.392 e. The Morgan fingerprint density at radius 3 is 2.55 bits per heavy atom. The van der Waals surface area contributed by atoms with Crippen molar-refractivity contribution in [3.05, 3.63) is 30.6 Å². The van der Waals surface area contributed by atoms with E-state index in [1.807, 2.05) is 0 Å². The Bertz CT molecular complexity index is 715. The van der Waals surface area contributed by atoms with Crippen LogP contribution >= 0.6 is 0 Å². The van der Waals surface area contributed by atoms with Gasteiger partial charge in [0.05, 0.1) is 11.8 Å². The topological polar surface area (TPSA) is 110 Å². The van der Waals surface area contributed by atoms with Gasteiger partial charge in [-0.1, -0.05) is 12.8 Å². The van der Waals surface area contributed by atoms with Crippen LogP contribution in [0.2, 0.25) is 0 Å². The average Bonchev–Trinajstić information content (AvgIpc) is 3.02. The van der Waals surface area contributed by atoms with Crippen molar-refractivity contribution in [3.8, 4) is 5.69 Å². The lowest BCUT2D eigenvalue weighted by Gasteiger charge is -2.27. The Balaban J connectivity index is 1.75. The molecule has 1 fully saturated rings. The lowest BCUT2D eigenvalue weighted by atomic mass is 9.97. The van der Waals surface area contributed by atoms with Gasteiger partial charge in [0.2, 0.25) is 10.0 Å². The van der Waals surface area contributed by atoms with Crippen molar-refractivity contribution in [1.82, 2.24) is 20.2 Å². The van der Waals surface area contributed by atoms with Gasteiger partial charge in [0.1, 0.15) is 11.6 Å². The average molecular weight is 323 g/mol. The molecule has 0 unspecified atom stereocenters. The molecule has 118 valence electrons. The number of nitrogens with zero attached hydrogens (tertiary/aromatic N) is 4. The van der Waals surface area contributed by atoms with Crippen molar-refractivity contribution in [3.63, 3.8) is 0 Å². The number of sulfonamides is 1. The second-order valence-electron chi connectivity index (χ2n) is 5.34. The van der Waals surface area contributed by atoms with E-state index in [0.29, 0.717) is 18.5 Å². The lowest BCUT2D eigenvalue weighted by molar-refractivity contribution is 0.133. The van der Waals surface area contributed by atoms with Gasteiger partial charge in [0.25, 0.3) is 0 Å². The molecule has 0 aliphatic heterocycles. The molecular formula is C13H17N5O3S. The lowest BCUT2D eigenvalue weighted by Crippen LogP contribution is -2.40. The highest BCUT2D eigenvalue weighted by molar-refractivity contribution is 7.93. The summed E-state index contributed by atoms with van der Waals surface area (Å²) in [6.45, 7) is 0. The number of rotatable bonds is 4. The van der Waals surface area contributed by atoms with Gasteiger partial charge in [-0.15, -0.1) is 5.10 Å². The molecule has 1 aliphatic carbocycles. The first-order valence-corrected chi connectivity index (χ1v) is 8.64. The van der Waals surface area contributed by atoms with Gasteiger partial charge in [0.15, 0.2) is 0 Å². The Morgan fingerprint density at radius 2 is 1.91 bits per heavy atom. The molecule has 0 amide bonds. The van der Waals surface area contributed by atoms with Crippen LogP contribution in [0.4, 0.5) is 5.69 Å². The van der Waals surface area contributed by atoms with Crippen molar-refractivity contribution < 1.29 is 13.5 Å². The summed E-state index contributed by atoms with van der Waals surface area (Å²) in [6.07, 6.45) is 3.36. The molecule has 8 nitrogen and oxygen atoms in total. The van der Waals surface area contributed by atoms with Crippen LogP contribution in [0.5, 0.6) is 0 Å². The minimum atomic E-state index is -3.60. The molecule has 22 heavy (non-hydrogen) atoms. The first-order valence-electron chi connectivity index (χ1n) is 7.09. The van der Waals surface area contributed by atoms with Crippen molar-refractivity contribution in [2.75, 3.05) is 4.72 Å². The van der Waals surface area contributed by atoms with Gasteiger partial charge >= 0.3 is 0 Å². The standard InChI is InChI=1S/C13H17N5O3S/c19-12-3-1-2-4-13(12)22(20,21)15-10-5-7-11(8-6-10)18-9-14-16-17-18/h5-9,12-13,15,19H,1-4H2/t12-,13+/m0/s1. The van der Waals surface area contributed by atoms with Crippen LogP contribution in [0.15, 0.2) is 30.6 Å². The van der Waals surface area contributed by atoms with E-state index in [2.05, 4.69) is 20.2 Å². The molecular weight excluding hydrogens is 306 g/mol. The fourth-order valence-electron chi connectivity index (χ4n) is 2.64. The number of benzene rings is 1. The van der Waals surface area contributed by atoms with Gasteiger partial charge in [0, 0.05) is 5.69 Å². The summed E-state index contributed by atoms with van der Waals surface area (Å²) >= 11 is 0. The number of aliphatic hydroxyl groups is 1. The summed E-state index contributed by atoms with van der Waals surface area (Å²) in [5.74, 6) is 0. The highest BCUT2D eigenvalue weighted by Gasteiger charge is 2.34. The van der Waals surface area contributed by atoms with Gasteiger partial charge in [-0.25, -0.2) is 13.1 Å². The summed E-state index contributed by atoms with van der Waals surface area (Å²) < 4.78 is 28.8. The Kier molecular flexibility index (Phi) is 4.08. The Morgan fingerprint density at radius 1 is 1.18 bits per heavy atom. The number of hydrogen-bond acceptors (Lipinski definition) is 6. The maximum Gasteiger partial charge on any atom is 0.238 e. The fraction of sp³-hybridized carbons (Fsp3) is 0.462. The smallest absolute Gasteiger partial charge is 0.238 e. The van der Waals surface area contributed by atoms with Crippen LogP contribution in [0.25, 0.3) is 5.69 Å². The number of hydrogen-bond donors (Lipinski definition) is 2. The van der Waals surface area contributed by atoms with E-state index in [4.69, 9.17) is 0 Å². The summed E-state index contributed by atoms with van der Waals surface area (Å²) in [6, 6.07) is 6.71. The molecule has 1 aromatic heterocycles. The predicted molar refractivity (Wildman–Crippen MR) is 80.0 cm³/mol. The van der Waals surface area contributed by atoms with Gasteiger partial charge in [-0.05, 0) is 47.5 Å². The zero-order chi connectivity index (χ0) is 15.6. The zero-order valence-corrected chi connectivity index (χ0v) is 12.6. The summed E-state index contributed by atoms with van der Waals surface area (Å²) in [5, 5.41) is 20.0. The van der Waals surface area contributed by atoms with Crippen molar-refractivity contribution in [2.45, 2.75) is 37.0 Å². The highest BCUT2D eigenvalue weighted by Crippen LogP contribution is 2.26. The molecule has 1 aliphatic rings. The van der Waals surface area contributed by atoms with Crippen LogP contribution in [0, 0.1) is 0 Å². The van der Waals surface area contributed by atoms with Crippen LogP contribution < -0.4 is 4.72 Å². The third-order valence-electron chi connectivity index (χ3n) is 3.81. The second-order valence-corrected chi connectivity index (χ2v) is 7.24. The molecule has 1 saturated carbocycles. The number of aliphatic hydroxyl groups excluding tert-OH is 1. The first-order chi connectivity index (χ1) is 10.6. The van der Waals surface area contributed by atoms with E-state index in [0.717, 1.165) is 18.5 Å². The summed E-state index contributed by atoms with van der Waals surface area (Å²) in [4.78, 5) is 0. The Labute approximate surface area is 128 Å². The molecule has 0 radical (unpaired) electrons. The molecule has 3 rings (SSSR count). The molecule has 1 aromatic carbocycles. The van der Waals surface area contributed by atoms with Crippen LogP contribution in [0.1, 0.15) is 25.7 Å². The number of tetrazole rings is 1. The minimum absolute atomic E-state index is 0.453. The van der Waals surface area contributed by atoms with Crippen molar-refractivity contribution >= 4 is 15.7 Å². The highest BCUT2D eigenvalue weighted by atomic mass is 32.2. The predicted octanol–water partition coefficient (Wildman–Crippen LogP) is 0.707. The molecule has 2 aromatic rings. The number of nitrogens with one attached hydrogen (secondary N) is 1. The second kappa shape index (κ2) is 6.01. The largest absolute Gasteiger partial charge is 0.392 e. The monoisotopic (exact) mass is 323 g/mol. The van der Waals surface area contributed by atoms with Gasteiger partial charge in [-0.3, -0.25) is 4.72 Å². The molecule has 9 heteroatoms. The molecule has 2 atom stereocenters. The third kappa shape index (κ3) is 3.09. The molecule has 0 saturated heterocycles. The van der Waals surface area contributed by atoms with Crippen LogP contribution in [-0.4, -0.2) is 45.1 Å². The van der Waals surface area contributed by atoms with Crippen LogP contribution in [-0.2, 0) is 10.0 Å². The quantitative estimate of drug-likeness (QED) is 0.857. The third-order valence-corrected chi connectivity index (χ3v) is 5.67. The number of anilines is 1. The zero-order valence-electron chi connectivity index (χ0n) is 11.8. The normalized spacial score (nSPS) is 22.4. The fourth-order valence-corrected chi connectivity index (χ4v) is 4.28. The summed E-state index contributed by atoms with van der Waals surface area (Å²) in [7, 11) is -3.60. The first kappa shape index (κ1) is 14.9. The maximum absolute atomic E-state index is 12.4. The van der Waals surface area contributed by atoms with Crippen LogP contribution in [0.3, 0.4) is 0 Å². The maximum atomic E-state index is 12.4. The van der Waals surface area contributed by atoms with E-state index >= 15 is 0 Å².